The number of ether oxygens (including phenoxy) is 1. The van der Waals surface area contributed by atoms with Gasteiger partial charge in [-0.1, -0.05) is 29.8 Å². The van der Waals surface area contributed by atoms with Gasteiger partial charge in [0.25, 0.3) is 0 Å². The Morgan fingerprint density at radius 2 is 2.00 bits per heavy atom. The lowest BCUT2D eigenvalue weighted by Gasteiger charge is -2.23. The number of aryl methyl sites for hydroxylation is 1. The van der Waals surface area contributed by atoms with Crippen LogP contribution in [0, 0.1) is 6.92 Å². The van der Waals surface area contributed by atoms with Gasteiger partial charge in [0.1, 0.15) is 0 Å². The van der Waals surface area contributed by atoms with Crippen LogP contribution in [0.1, 0.15) is 30.0 Å². The van der Waals surface area contributed by atoms with Crippen LogP contribution in [0.2, 0.25) is 0 Å². The molecule has 0 aromatic heterocycles. The third-order valence-corrected chi connectivity index (χ3v) is 3.88. The molecule has 0 spiro atoms. The van der Waals surface area contributed by atoms with Gasteiger partial charge in [0.15, 0.2) is 0 Å². The minimum Gasteiger partial charge on any atom is -0.380 e. The molecule has 0 saturated carbocycles. The van der Waals surface area contributed by atoms with Crippen molar-refractivity contribution in [1.82, 2.24) is 10.2 Å². The quantitative estimate of drug-likeness (QED) is 0.881. The molecule has 1 fully saturated rings. The Hall–Kier alpha value is -0.900. The lowest BCUT2D eigenvalue weighted by atomic mass is 10.0. The molecule has 0 radical (unpaired) electrons. The van der Waals surface area contributed by atoms with E-state index >= 15 is 0 Å². The molecule has 1 aliphatic heterocycles. The standard InChI is InChI=1S/C16H26N2O/c1-14-4-6-15(7-5-14)16(17-2)8-10-18-9-3-12-19-13-11-18/h4-7,16-17H,3,8-13H2,1-2H3. The Labute approximate surface area is 116 Å². The molecule has 3 nitrogen and oxygen atoms in total. The van der Waals surface area contributed by atoms with Crippen LogP contribution in [0.15, 0.2) is 24.3 Å². The van der Waals surface area contributed by atoms with E-state index in [0.717, 1.165) is 39.1 Å². The van der Waals surface area contributed by atoms with Crippen LogP contribution in [0.3, 0.4) is 0 Å². The van der Waals surface area contributed by atoms with E-state index in [4.69, 9.17) is 4.74 Å². The van der Waals surface area contributed by atoms with Gasteiger partial charge in [0, 0.05) is 32.3 Å². The van der Waals surface area contributed by atoms with Gasteiger partial charge in [-0.15, -0.1) is 0 Å². The van der Waals surface area contributed by atoms with Crippen LogP contribution < -0.4 is 5.32 Å². The number of nitrogens with zero attached hydrogens (tertiary/aromatic N) is 1. The van der Waals surface area contributed by atoms with E-state index in [2.05, 4.69) is 48.5 Å². The fraction of sp³-hybridized carbons (Fsp3) is 0.625. The molecule has 2 rings (SSSR count). The molecule has 1 N–H and O–H groups in total. The molecular weight excluding hydrogens is 236 g/mol. The van der Waals surface area contributed by atoms with Crippen molar-refractivity contribution in [3.63, 3.8) is 0 Å². The Morgan fingerprint density at radius 1 is 1.21 bits per heavy atom. The molecule has 1 heterocycles. The Bertz CT molecular complexity index is 356. The van der Waals surface area contributed by atoms with Gasteiger partial charge in [0.2, 0.25) is 0 Å². The van der Waals surface area contributed by atoms with E-state index in [0.29, 0.717) is 6.04 Å². The summed E-state index contributed by atoms with van der Waals surface area (Å²) >= 11 is 0. The van der Waals surface area contributed by atoms with Crippen molar-refractivity contribution in [2.75, 3.05) is 39.9 Å². The van der Waals surface area contributed by atoms with Crippen LogP contribution in [-0.2, 0) is 4.74 Å². The molecule has 1 unspecified atom stereocenters. The maximum Gasteiger partial charge on any atom is 0.0593 e. The first kappa shape index (κ1) is 14.5. The molecule has 3 heteroatoms. The Balaban J connectivity index is 1.86. The fourth-order valence-corrected chi connectivity index (χ4v) is 2.61. The van der Waals surface area contributed by atoms with Crippen LogP contribution in [0.25, 0.3) is 0 Å². The average Bonchev–Trinajstić information content (AvgIpc) is 2.70. The number of rotatable bonds is 5. The summed E-state index contributed by atoms with van der Waals surface area (Å²) in [7, 11) is 2.05. The average molecular weight is 262 g/mol. The van der Waals surface area contributed by atoms with Crippen LogP contribution >= 0.6 is 0 Å². The summed E-state index contributed by atoms with van der Waals surface area (Å²) in [5.41, 5.74) is 2.71. The fourth-order valence-electron chi connectivity index (χ4n) is 2.61. The summed E-state index contributed by atoms with van der Waals surface area (Å²) < 4.78 is 5.50. The highest BCUT2D eigenvalue weighted by Gasteiger charge is 2.13. The van der Waals surface area contributed by atoms with Crippen molar-refractivity contribution in [2.45, 2.75) is 25.8 Å². The summed E-state index contributed by atoms with van der Waals surface area (Å²) in [6, 6.07) is 9.31. The maximum absolute atomic E-state index is 5.50. The smallest absolute Gasteiger partial charge is 0.0593 e. The van der Waals surface area contributed by atoms with E-state index in [1.807, 2.05) is 0 Å². The van der Waals surface area contributed by atoms with Crippen LogP contribution in [0.4, 0.5) is 0 Å². The third kappa shape index (κ3) is 4.60. The first-order valence-electron chi connectivity index (χ1n) is 7.33. The molecule has 0 bridgehead atoms. The molecule has 1 saturated heterocycles. The molecule has 0 aliphatic carbocycles. The van der Waals surface area contributed by atoms with Crippen molar-refractivity contribution in [3.8, 4) is 0 Å². The second kappa shape index (κ2) is 7.63. The second-order valence-electron chi connectivity index (χ2n) is 5.35. The predicted octanol–water partition coefficient (Wildman–Crippen LogP) is 2.37. The molecule has 0 amide bonds. The third-order valence-electron chi connectivity index (χ3n) is 3.88. The normalized spacial score (nSPS) is 19.1. The molecular formula is C16H26N2O. The molecule has 106 valence electrons. The van der Waals surface area contributed by atoms with Crippen LogP contribution in [0.5, 0.6) is 0 Å². The predicted molar refractivity (Wildman–Crippen MR) is 79.5 cm³/mol. The SMILES string of the molecule is CNC(CCN1CCCOCC1)c1ccc(C)cc1. The first-order chi connectivity index (χ1) is 9.29. The Morgan fingerprint density at radius 3 is 2.74 bits per heavy atom. The molecule has 19 heavy (non-hydrogen) atoms. The molecule has 1 aliphatic rings. The summed E-state index contributed by atoms with van der Waals surface area (Å²) in [5.74, 6) is 0. The van der Waals surface area contributed by atoms with Gasteiger partial charge in [0.05, 0.1) is 6.61 Å². The minimum atomic E-state index is 0.449. The number of benzene rings is 1. The number of hydrogen-bond donors (Lipinski definition) is 1. The van der Waals surface area contributed by atoms with E-state index in [-0.39, 0.29) is 0 Å². The van der Waals surface area contributed by atoms with Crippen molar-refractivity contribution in [2.24, 2.45) is 0 Å². The summed E-state index contributed by atoms with van der Waals surface area (Å²) in [6.07, 6.45) is 2.31. The minimum absolute atomic E-state index is 0.449. The van der Waals surface area contributed by atoms with Crippen LogP contribution in [-0.4, -0.2) is 44.8 Å². The zero-order chi connectivity index (χ0) is 13.5. The topological polar surface area (TPSA) is 24.5 Å². The zero-order valence-corrected chi connectivity index (χ0v) is 12.2. The highest BCUT2D eigenvalue weighted by molar-refractivity contribution is 5.24. The zero-order valence-electron chi connectivity index (χ0n) is 12.2. The maximum atomic E-state index is 5.50. The van der Waals surface area contributed by atoms with E-state index in [1.54, 1.807) is 0 Å². The first-order valence-corrected chi connectivity index (χ1v) is 7.33. The number of nitrogens with one attached hydrogen (secondary N) is 1. The lowest BCUT2D eigenvalue weighted by molar-refractivity contribution is 0.140. The molecule has 1 aromatic carbocycles. The van der Waals surface area contributed by atoms with E-state index in [1.165, 1.54) is 17.7 Å². The van der Waals surface area contributed by atoms with Gasteiger partial charge in [-0.05, 0) is 32.4 Å². The highest BCUT2D eigenvalue weighted by atomic mass is 16.5. The summed E-state index contributed by atoms with van der Waals surface area (Å²) in [5, 5.41) is 3.44. The second-order valence-corrected chi connectivity index (χ2v) is 5.35. The van der Waals surface area contributed by atoms with Gasteiger partial charge >= 0.3 is 0 Å². The lowest BCUT2D eigenvalue weighted by Crippen LogP contribution is -2.30. The summed E-state index contributed by atoms with van der Waals surface area (Å²) in [6.45, 7) is 7.32. The summed E-state index contributed by atoms with van der Waals surface area (Å²) in [4.78, 5) is 2.52. The monoisotopic (exact) mass is 262 g/mol. The van der Waals surface area contributed by atoms with Crippen molar-refractivity contribution >= 4 is 0 Å². The number of hydrogen-bond acceptors (Lipinski definition) is 3. The van der Waals surface area contributed by atoms with E-state index in [9.17, 15) is 0 Å². The van der Waals surface area contributed by atoms with E-state index < -0.39 is 0 Å². The van der Waals surface area contributed by atoms with Gasteiger partial charge in [-0.3, -0.25) is 0 Å². The van der Waals surface area contributed by atoms with Crippen molar-refractivity contribution in [3.05, 3.63) is 35.4 Å². The van der Waals surface area contributed by atoms with Crippen molar-refractivity contribution < 1.29 is 4.74 Å². The molecule has 1 aromatic rings. The van der Waals surface area contributed by atoms with Crippen molar-refractivity contribution in [1.29, 1.82) is 0 Å². The van der Waals surface area contributed by atoms with Gasteiger partial charge in [-0.2, -0.15) is 0 Å². The van der Waals surface area contributed by atoms with Gasteiger partial charge in [-0.25, -0.2) is 0 Å². The molecule has 1 atom stereocenters. The Kier molecular flexibility index (Phi) is 5.83. The largest absolute Gasteiger partial charge is 0.380 e. The highest BCUT2D eigenvalue weighted by Crippen LogP contribution is 2.17. The van der Waals surface area contributed by atoms with Gasteiger partial charge < -0.3 is 15.0 Å².